The van der Waals surface area contributed by atoms with E-state index in [1.54, 1.807) is 0 Å². The Balaban J connectivity index is 0.00000122. The van der Waals surface area contributed by atoms with Crippen LogP contribution in [0.1, 0.15) is 218 Å². The van der Waals surface area contributed by atoms with Crippen LogP contribution >= 0.6 is 46.4 Å². The van der Waals surface area contributed by atoms with E-state index < -0.39 is 34.8 Å². The Bertz CT molecular complexity index is 1380. The van der Waals surface area contributed by atoms with Gasteiger partial charge >= 0.3 is 0 Å². The maximum atomic E-state index is 9.94. The molecule has 4 N–H and O–H groups in total. The third kappa shape index (κ3) is 41.3. The number of aliphatic hydroxyl groups is 4. The monoisotopic (exact) mass is 1080 g/mol. The number of hydrogen-bond donors (Lipinski definition) is 4. The molecule has 0 aliphatic rings. The zero-order valence-electron chi connectivity index (χ0n) is 43.0. The Morgan fingerprint density at radius 1 is 0.435 bits per heavy atom. The summed E-state index contributed by atoms with van der Waals surface area (Å²) in [5.74, 6) is 3.16. The van der Waals surface area contributed by atoms with Gasteiger partial charge in [0.05, 0.1) is 23.5 Å². The Morgan fingerprint density at radius 2 is 0.652 bits per heavy atom. The third-order valence-corrected chi connectivity index (χ3v) is 14.0. The summed E-state index contributed by atoms with van der Waals surface area (Å²) >= 11 is 23.1. The Hall–Kier alpha value is -0.710. The van der Waals surface area contributed by atoms with E-state index in [1.807, 2.05) is 24.8 Å². The molecule has 0 fully saturated rings. The smallest absolute Gasteiger partial charge is 0.256 e. The van der Waals surface area contributed by atoms with Crippen molar-refractivity contribution >= 4 is 56.8 Å². The number of nitrogens with zero attached hydrogens (tertiary/aromatic N) is 4. The average molecular weight is 1080 g/mol. The molecule has 0 saturated carbocycles. The number of alkyl halides is 4. The molecule has 0 bridgehead atoms. The van der Waals surface area contributed by atoms with Gasteiger partial charge in [-0.05, 0) is 12.8 Å². The SMILES string of the molecule is CCCCCCCCCCCCCCCCCc1n(CC(O)CCl)cc[n+]1CC(O)CCl.CCCCCCCCCCCCCCCCCc1n(CC(O)CCl)cc[n+]1CC(O)CCl.O=S(=O)([O-])[O-]. The molecule has 0 spiro atoms. The Kier molecular flexibility index (Phi) is 46.5. The standard InChI is InChI=1S/2C26H49Cl2N2O2.H2O4S/c2*1-2-3-4-5-6-7-8-9-10-11-12-13-14-15-16-17-26-29(22-24(31)20-27)18-19-30(26)23-25(32)21-28;1-5(2,3)4/h2*18-19,24-25,31-32H,2-17,20-23H2,1H3;(H2,1,2,3,4)/q2*+1;/p-2. The molecule has 12 nitrogen and oxygen atoms in total. The van der Waals surface area contributed by atoms with Crippen molar-refractivity contribution in [3.8, 4) is 0 Å². The zero-order valence-corrected chi connectivity index (χ0v) is 46.9. The predicted octanol–water partition coefficient (Wildman–Crippen LogP) is 11.4. The van der Waals surface area contributed by atoms with Gasteiger partial charge in [-0.15, -0.1) is 46.4 Å². The molecule has 2 aromatic heterocycles. The molecule has 0 radical (unpaired) electrons. The zero-order chi connectivity index (χ0) is 51.4. The van der Waals surface area contributed by atoms with E-state index in [9.17, 15) is 20.4 Å². The van der Waals surface area contributed by atoms with E-state index in [-0.39, 0.29) is 23.5 Å². The maximum absolute atomic E-state index is 9.94. The van der Waals surface area contributed by atoms with Crippen molar-refractivity contribution in [1.29, 1.82) is 0 Å². The molecular formula is C52H98Cl4N4O8S. The van der Waals surface area contributed by atoms with Gasteiger partial charge in [-0.25, -0.2) is 18.3 Å². The molecule has 0 amide bonds. The molecule has 0 aliphatic heterocycles. The summed E-state index contributed by atoms with van der Waals surface area (Å²) in [6.07, 6.45) is 48.3. The second kappa shape index (κ2) is 47.0. The highest BCUT2D eigenvalue weighted by atomic mass is 35.5. The minimum absolute atomic E-state index is 0.223. The normalized spacial score (nSPS) is 13.4. The lowest BCUT2D eigenvalue weighted by Crippen LogP contribution is -2.43. The summed E-state index contributed by atoms with van der Waals surface area (Å²) in [5.41, 5.74) is 0. The van der Waals surface area contributed by atoms with E-state index in [1.165, 1.54) is 180 Å². The molecule has 2 heterocycles. The van der Waals surface area contributed by atoms with Gasteiger partial charge in [-0.1, -0.05) is 194 Å². The second-order valence-corrected chi connectivity index (χ2v) is 21.1. The fourth-order valence-electron chi connectivity index (χ4n) is 8.65. The van der Waals surface area contributed by atoms with Crippen molar-refractivity contribution in [3.63, 3.8) is 0 Å². The molecule has 0 aliphatic carbocycles. The van der Waals surface area contributed by atoms with Crippen molar-refractivity contribution < 1.29 is 47.1 Å². The first-order valence-corrected chi connectivity index (χ1v) is 30.5. The summed E-state index contributed by atoms with van der Waals surface area (Å²) < 4.78 is 42.4. The Labute approximate surface area is 440 Å². The highest BCUT2D eigenvalue weighted by molar-refractivity contribution is 7.79. The van der Waals surface area contributed by atoms with Crippen LogP contribution < -0.4 is 9.13 Å². The number of unbranched alkanes of at least 4 members (excludes halogenated alkanes) is 28. The molecule has 2 rings (SSSR count). The highest BCUT2D eigenvalue weighted by Crippen LogP contribution is 2.16. The lowest BCUT2D eigenvalue weighted by atomic mass is 10.0. The molecular weight excluding hydrogens is 982 g/mol. The van der Waals surface area contributed by atoms with Crippen molar-refractivity contribution in [1.82, 2.24) is 9.13 Å². The van der Waals surface area contributed by atoms with Crippen LogP contribution in [0, 0.1) is 0 Å². The topological polar surface area (TPSA) is 179 Å². The number of imidazole rings is 2. The molecule has 0 aromatic carbocycles. The first kappa shape index (κ1) is 68.3. The van der Waals surface area contributed by atoms with Crippen molar-refractivity contribution in [2.24, 2.45) is 0 Å². The summed E-state index contributed by atoms with van der Waals surface area (Å²) in [6, 6.07) is 0. The summed E-state index contributed by atoms with van der Waals surface area (Å²) in [4.78, 5) is 0. The largest absolute Gasteiger partial charge is 0.759 e. The van der Waals surface area contributed by atoms with Gasteiger partial charge in [0.15, 0.2) is 0 Å². The van der Waals surface area contributed by atoms with Crippen LogP contribution in [0.25, 0.3) is 0 Å². The summed E-state index contributed by atoms with van der Waals surface area (Å²) in [7, 11) is -5.17. The van der Waals surface area contributed by atoms with Gasteiger partial charge in [0.2, 0.25) is 0 Å². The van der Waals surface area contributed by atoms with Crippen LogP contribution in [0.5, 0.6) is 0 Å². The van der Waals surface area contributed by atoms with E-state index in [0.29, 0.717) is 26.2 Å². The first-order chi connectivity index (χ1) is 33.2. The third-order valence-electron chi connectivity index (χ3n) is 12.5. The van der Waals surface area contributed by atoms with Crippen molar-refractivity contribution in [2.45, 2.75) is 270 Å². The summed E-state index contributed by atoms with van der Waals surface area (Å²) in [5, 5.41) is 39.8. The predicted molar refractivity (Wildman–Crippen MR) is 284 cm³/mol. The maximum Gasteiger partial charge on any atom is 0.256 e. The van der Waals surface area contributed by atoms with E-state index in [0.717, 1.165) is 37.3 Å². The fourth-order valence-corrected chi connectivity index (χ4v) is 9.04. The van der Waals surface area contributed by atoms with E-state index >= 15 is 0 Å². The van der Waals surface area contributed by atoms with Crippen molar-refractivity contribution in [2.75, 3.05) is 23.5 Å². The number of halogens is 4. The first-order valence-electron chi connectivity index (χ1n) is 27.0. The molecule has 408 valence electrons. The van der Waals surface area contributed by atoms with Crippen LogP contribution in [0.4, 0.5) is 0 Å². The average Bonchev–Trinajstić information content (AvgIpc) is 3.88. The Morgan fingerprint density at radius 3 is 0.870 bits per heavy atom. The number of hydrogen-bond acceptors (Lipinski definition) is 8. The van der Waals surface area contributed by atoms with Crippen LogP contribution in [-0.2, 0) is 49.4 Å². The molecule has 4 atom stereocenters. The van der Waals surface area contributed by atoms with E-state index in [2.05, 4.69) is 32.1 Å². The van der Waals surface area contributed by atoms with Crippen molar-refractivity contribution in [3.05, 3.63) is 36.4 Å². The minimum Gasteiger partial charge on any atom is -0.759 e. The van der Waals surface area contributed by atoms with Crippen LogP contribution in [0.3, 0.4) is 0 Å². The van der Waals surface area contributed by atoms with Gasteiger partial charge in [0, 0.05) is 23.2 Å². The molecule has 2 aromatic rings. The number of aromatic nitrogens is 4. The lowest BCUT2D eigenvalue weighted by molar-refractivity contribution is -0.709. The van der Waals surface area contributed by atoms with E-state index in [4.69, 9.17) is 63.9 Å². The van der Waals surface area contributed by atoms with Gasteiger partial charge in [-0.3, -0.25) is 8.42 Å². The summed E-state index contributed by atoms with van der Waals surface area (Å²) in [6.45, 7) is 6.51. The second-order valence-electron chi connectivity index (χ2n) is 19.1. The molecule has 69 heavy (non-hydrogen) atoms. The number of aliphatic hydroxyl groups excluding tert-OH is 4. The van der Waals surface area contributed by atoms with Gasteiger partial charge in [0.25, 0.3) is 11.6 Å². The highest BCUT2D eigenvalue weighted by Gasteiger charge is 2.22. The van der Waals surface area contributed by atoms with Gasteiger partial charge < -0.3 is 29.5 Å². The molecule has 0 saturated heterocycles. The van der Waals surface area contributed by atoms with Gasteiger partial charge in [-0.2, -0.15) is 0 Å². The molecule has 4 unspecified atom stereocenters. The minimum atomic E-state index is -5.17. The van der Waals surface area contributed by atoms with Crippen LogP contribution in [0.2, 0.25) is 0 Å². The lowest BCUT2D eigenvalue weighted by Gasteiger charge is -2.10. The fraction of sp³-hybridized carbons (Fsp3) is 0.885. The number of rotatable bonds is 44. The van der Waals surface area contributed by atoms with Crippen LogP contribution in [0.15, 0.2) is 24.8 Å². The quantitative estimate of drug-likeness (QED) is 0.0166. The van der Waals surface area contributed by atoms with Gasteiger partial charge in [0.1, 0.15) is 75.4 Å². The van der Waals surface area contributed by atoms with Crippen LogP contribution in [-0.4, -0.2) is 95.0 Å². The molecule has 17 heteroatoms.